The van der Waals surface area contributed by atoms with Gasteiger partial charge in [-0.25, -0.2) is 14.8 Å². The van der Waals surface area contributed by atoms with Crippen molar-refractivity contribution in [2.75, 3.05) is 6.54 Å². The Morgan fingerprint density at radius 2 is 2.18 bits per heavy atom. The number of hydrogen-bond donors (Lipinski definition) is 1. The average molecular weight is 466 g/mol. The van der Waals surface area contributed by atoms with Crippen LogP contribution in [0.5, 0.6) is 0 Å². The van der Waals surface area contributed by atoms with Gasteiger partial charge in [-0.2, -0.15) is 0 Å². The van der Waals surface area contributed by atoms with Crippen LogP contribution >= 0.6 is 11.6 Å². The van der Waals surface area contributed by atoms with E-state index in [9.17, 15) is 9.90 Å². The molecule has 1 unspecified atom stereocenters. The van der Waals surface area contributed by atoms with Crippen LogP contribution in [0.15, 0.2) is 53.9 Å². The Labute approximate surface area is 201 Å². The highest BCUT2D eigenvalue weighted by molar-refractivity contribution is 6.31. The number of halogens is 1. The van der Waals surface area contributed by atoms with Gasteiger partial charge in [0.15, 0.2) is 0 Å². The summed E-state index contributed by atoms with van der Waals surface area (Å²) in [5.74, 6) is -0.362. The van der Waals surface area contributed by atoms with Crippen LogP contribution in [0.2, 0.25) is 0 Å². The summed E-state index contributed by atoms with van der Waals surface area (Å²) >= 11 is 6.18. The number of nitrogens with zero attached hydrogens (tertiary/aromatic N) is 3. The molecule has 0 saturated carbocycles. The minimum Gasteiger partial charge on any atom is -0.478 e. The van der Waals surface area contributed by atoms with E-state index in [1.165, 1.54) is 32.1 Å². The molecule has 5 nitrogen and oxygen atoms in total. The number of fused-ring (bicyclic) bond motifs is 1. The molecule has 33 heavy (non-hydrogen) atoms. The van der Waals surface area contributed by atoms with E-state index in [2.05, 4.69) is 33.9 Å². The zero-order valence-electron chi connectivity index (χ0n) is 19.2. The van der Waals surface area contributed by atoms with E-state index in [-0.39, 0.29) is 5.56 Å². The molecule has 0 saturated heterocycles. The molecule has 0 spiro atoms. The highest BCUT2D eigenvalue weighted by Crippen LogP contribution is 2.31. The Bertz CT molecular complexity index is 1050. The van der Waals surface area contributed by atoms with Crippen LogP contribution in [0.4, 0.5) is 0 Å². The third kappa shape index (κ3) is 5.90. The maximum Gasteiger partial charge on any atom is 0.335 e. The number of hydrogen-bond acceptors (Lipinski definition) is 4. The van der Waals surface area contributed by atoms with E-state index in [0.717, 1.165) is 53.5 Å². The van der Waals surface area contributed by atoms with Gasteiger partial charge in [-0.3, -0.25) is 4.90 Å². The van der Waals surface area contributed by atoms with E-state index in [1.54, 1.807) is 24.5 Å². The zero-order chi connectivity index (χ0) is 23.2. The van der Waals surface area contributed by atoms with Crippen molar-refractivity contribution in [3.05, 3.63) is 70.7 Å². The summed E-state index contributed by atoms with van der Waals surface area (Å²) in [4.78, 5) is 23.1. The normalized spacial score (nSPS) is 19.1. The van der Waals surface area contributed by atoms with Gasteiger partial charge < -0.3 is 5.11 Å². The number of carboxylic acids is 1. The first-order valence-electron chi connectivity index (χ1n) is 12.0. The van der Waals surface area contributed by atoms with Crippen LogP contribution in [0.1, 0.15) is 67.1 Å². The van der Waals surface area contributed by atoms with E-state index in [0.29, 0.717) is 12.0 Å². The zero-order valence-corrected chi connectivity index (χ0v) is 20.0. The molecule has 1 aliphatic heterocycles. The molecule has 1 aliphatic carbocycles. The molecule has 4 rings (SSSR count). The molecule has 2 atom stereocenters. The molecule has 0 fully saturated rings. The SMILES string of the molecule is CCC[C@@H](CCCC1C=C(Cl)C=CC1)N1CCc2c(ncnc2-c2cccc(C(=O)O)c2)C1. The maximum atomic E-state index is 11.4. The summed E-state index contributed by atoms with van der Waals surface area (Å²) < 4.78 is 0. The van der Waals surface area contributed by atoms with Gasteiger partial charge in [0.2, 0.25) is 0 Å². The Kier molecular flexibility index (Phi) is 7.94. The first-order valence-corrected chi connectivity index (χ1v) is 12.4. The molecule has 2 aromatic rings. The summed E-state index contributed by atoms with van der Waals surface area (Å²) in [5, 5.41) is 10.2. The smallest absolute Gasteiger partial charge is 0.335 e. The summed E-state index contributed by atoms with van der Waals surface area (Å²) in [6.07, 6.45) is 15.9. The molecule has 6 heteroatoms. The molecule has 174 valence electrons. The van der Waals surface area contributed by atoms with Crippen molar-refractivity contribution < 1.29 is 9.90 Å². The number of rotatable bonds is 9. The Balaban J connectivity index is 1.44. The molecule has 0 bridgehead atoms. The lowest BCUT2D eigenvalue weighted by molar-refractivity contribution is 0.0697. The standard InChI is InChI=1S/C27H32ClN3O2/c1-2-6-23(12-4-8-19-7-3-11-22(28)15-19)31-14-13-24-25(17-31)29-18-30-26(24)20-9-5-10-21(16-20)27(32)33/h3,5,9-11,15-16,18-19,23H,2,4,6-8,12-14,17H2,1H3,(H,32,33)/t19?,23-/m0/s1. The molecule has 2 heterocycles. The number of benzene rings is 1. The fourth-order valence-electron chi connectivity index (χ4n) is 5.10. The first-order chi connectivity index (χ1) is 16.0. The maximum absolute atomic E-state index is 11.4. The van der Waals surface area contributed by atoms with Gasteiger partial charge in [0, 0.05) is 35.3 Å². The molecule has 2 aliphatic rings. The molecule has 0 radical (unpaired) electrons. The summed E-state index contributed by atoms with van der Waals surface area (Å²) in [6.45, 7) is 4.07. The van der Waals surface area contributed by atoms with Gasteiger partial charge in [0.1, 0.15) is 6.33 Å². The van der Waals surface area contributed by atoms with Gasteiger partial charge >= 0.3 is 5.97 Å². The molecule has 1 aromatic heterocycles. The van der Waals surface area contributed by atoms with Crippen molar-refractivity contribution in [3.8, 4) is 11.3 Å². The lowest BCUT2D eigenvalue weighted by Crippen LogP contribution is -2.40. The van der Waals surface area contributed by atoms with Crippen LogP contribution in [0.25, 0.3) is 11.3 Å². The molecule has 0 amide bonds. The van der Waals surface area contributed by atoms with Crippen molar-refractivity contribution in [1.82, 2.24) is 14.9 Å². The Hall–Kier alpha value is -2.50. The van der Waals surface area contributed by atoms with Gasteiger partial charge in [-0.15, -0.1) is 0 Å². The van der Waals surface area contributed by atoms with Crippen LogP contribution in [0, 0.1) is 5.92 Å². The van der Waals surface area contributed by atoms with E-state index in [1.807, 2.05) is 12.1 Å². The first kappa shape index (κ1) is 23.7. The predicted octanol–water partition coefficient (Wildman–Crippen LogP) is 6.24. The van der Waals surface area contributed by atoms with Crippen molar-refractivity contribution in [3.63, 3.8) is 0 Å². The van der Waals surface area contributed by atoms with Crippen LogP contribution in [-0.2, 0) is 13.0 Å². The second-order valence-electron chi connectivity index (χ2n) is 9.08. The number of carbonyl (C=O) groups is 1. The van der Waals surface area contributed by atoms with Gasteiger partial charge in [0.25, 0.3) is 0 Å². The fourth-order valence-corrected chi connectivity index (χ4v) is 5.37. The van der Waals surface area contributed by atoms with Crippen molar-refractivity contribution in [2.24, 2.45) is 5.92 Å². The highest BCUT2D eigenvalue weighted by Gasteiger charge is 2.26. The Morgan fingerprint density at radius 1 is 1.30 bits per heavy atom. The predicted molar refractivity (Wildman–Crippen MR) is 132 cm³/mol. The summed E-state index contributed by atoms with van der Waals surface area (Å²) in [5.41, 5.74) is 4.22. The van der Waals surface area contributed by atoms with Gasteiger partial charge in [-0.05, 0) is 56.2 Å². The molecular formula is C27H32ClN3O2. The number of carboxylic acid groups (broad SMARTS) is 1. The van der Waals surface area contributed by atoms with Gasteiger partial charge in [-0.1, -0.05) is 55.7 Å². The monoisotopic (exact) mass is 465 g/mol. The third-order valence-electron chi connectivity index (χ3n) is 6.78. The third-order valence-corrected chi connectivity index (χ3v) is 7.03. The largest absolute Gasteiger partial charge is 0.478 e. The summed E-state index contributed by atoms with van der Waals surface area (Å²) in [6, 6.07) is 7.59. The van der Waals surface area contributed by atoms with Gasteiger partial charge in [0.05, 0.1) is 17.0 Å². The van der Waals surface area contributed by atoms with Crippen LogP contribution in [-0.4, -0.2) is 38.5 Å². The minimum atomic E-state index is -0.921. The molecule has 1 aromatic carbocycles. The van der Waals surface area contributed by atoms with E-state index < -0.39 is 5.97 Å². The fraction of sp³-hybridized carbons (Fsp3) is 0.444. The molecule has 1 N–H and O–H groups in total. The topological polar surface area (TPSA) is 66.3 Å². The number of aromatic nitrogens is 2. The van der Waals surface area contributed by atoms with Crippen molar-refractivity contribution in [1.29, 1.82) is 0 Å². The highest BCUT2D eigenvalue weighted by atomic mass is 35.5. The Morgan fingerprint density at radius 3 is 2.97 bits per heavy atom. The lowest BCUT2D eigenvalue weighted by atomic mass is 9.91. The van der Waals surface area contributed by atoms with E-state index in [4.69, 9.17) is 11.6 Å². The number of allylic oxidation sites excluding steroid dienone is 4. The quantitative estimate of drug-likeness (QED) is 0.475. The summed E-state index contributed by atoms with van der Waals surface area (Å²) in [7, 11) is 0. The van der Waals surface area contributed by atoms with Crippen LogP contribution < -0.4 is 0 Å². The van der Waals surface area contributed by atoms with Crippen LogP contribution in [0.3, 0.4) is 0 Å². The van der Waals surface area contributed by atoms with Crippen molar-refractivity contribution >= 4 is 17.6 Å². The van der Waals surface area contributed by atoms with E-state index >= 15 is 0 Å². The van der Waals surface area contributed by atoms with Crippen molar-refractivity contribution in [2.45, 2.75) is 64.5 Å². The number of aromatic carboxylic acids is 1. The lowest BCUT2D eigenvalue weighted by Gasteiger charge is -2.36. The second-order valence-corrected chi connectivity index (χ2v) is 9.51. The average Bonchev–Trinajstić information content (AvgIpc) is 2.83. The second kappa shape index (κ2) is 11.1. The molecular weight excluding hydrogens is 434 g/mol. The minimum absolute atomic E-state index is 0.282.